The van der Waals surface area contributed by atoms with Gasteiger partial charge in [-0.1, -0.05) is 6.07 Å². The number of allylic oxidation sites excluding steroid dienone is 1. The van der Waals surface area contributed by atoms with Crippen LogP contribution in [0.4, 0.5) is 4.79 Å². The molecule has 0 N–H and O–H groups in total. The first kappa shape index (κ1) is 27.5. The van der Waals surface area contributed by atoms with Crippen LogP contribution in [0.25, 0.3) is 28.1 Å². The Morgan fingerprint density at radius 2 is 2.03 bits per heavy atom. The maximum atomic E-state index is 12.7. The molecule has 0 spiro atoms. The lowest BCUT2D eigenvalue weighted by molar-refractivity contribution is -0.112. The molecular weight excluding hydrogens is 480 g/mol. The van der Waals surface area contributed by atoms with Crippen molar-refractivity contribution in [3.05, 3.63) is 53.5 Å². The number of hydrogen-bond donors (Lipinski definition) is 0. The molecule has 0 saturated carbocycles. The zero-order valence-corrected chi connectivity index (χ0v) is 23.3. The molecule has 1 aromatic carbocycles. The smallest absolute Gasteiger partial charge is 0.410 e. The van der Waals surface area contributed by atoms with Crippen molar-refractivity contribution in [1.29, 1.82) is 0 Å². The lowest BCUT2D eigenvalue weighted by Crippen LogP contribution is -2.36. The van der Waals surface area contributed by atoms with E-state index < -0.39 is 5.60 Å². The molecule has 1 atom stereocenters. The van der Waals surface area contributed by atoms with Crippen molar-refractivity contribution in [2.24, 2.45) is 0 Å². The van der Waals surface area contributed by atoms with Crippen molar-refractivity contribution in [2.45, 2.75) is 79.2 Å². The van der Waals surface area contributed by atoms with Crippen LogP contribution < -0.4 is 0 Å². The summed E-state index contributed by atoms with van der Waals surface area (Å²) < 4.78 is 13.5. The molecule has 38 heavy (non-hydrogen) atoms. The van der Waals surface area contributed by atoms with E-state index in [1.807, 2.05) is 44.8 Å². The van der Waals surface area contributed by atoms with Gasteiger partial charge in [0.2, 0.25) is 0 Å². The van der Waals surface area contributed by atoms with Crippen molar-refractivity contribution in [1.82, 2.24) is 19.7 Å². The molecule has 1 amide bonds. The summed E-state index contributed by atoms with van der Waals surface area (Å²) in [4.78, 5) is 30.6. The van der Waals surface area contributed by atoms with Crippen molar-refractivity contribution >= 4 is 28.9 Å². The first-order valence-electron chi connectivity index (χ1n) is 13.3. The third kappa shape index (κ3) is 6.30. The quantitative estimate of drug-likeness (QED) is 0.333. The summed E-state index contributed by atoms with van der Waals surface area (Å²) in [6, 6.07) is 6.23. The maximum absolute atomic E-state index is 12.7. The molecule has 1 aliphatic heterocycles. The van der Waals surface area contributed by atoms with Crippen LogP contribution in [-0.4, -0.2) is 50.3 Å². The van der Waals surface area contributed by atoms with Crippen LogP contribution >= 0.6 is 0 Å². The number of benzene rings is 1. The van der Waals surface area contributed by atoms with Crippen molar-refractivity contribution < 1.29 is 19.1 Å². The number of ether oxygens (including phenoxy) is 2. The third-order valence-corrected chi connectivity index (χ3v) is 6.66. The number of pyridine rings is 1. The normalized spacial score (nSPS) is 16.2. The van der Waals surface area contributed by atoms with E-state index in [0.717, 1.165) is 64.7 Å². The topological polar surface area (TPSA) is 86.5 Å². The van der Waals surface area contributed by atoms with E-state index in [2.05, 4.69) is 30.1 Å². The van der Waals surface area contributed by atoms with Crippen LogP contribution in [0.15, 0.2) is 36.7 Å². The molecule has 1 unspecified atom stereocenters. The van der Waals surface area contributed by atoms with Crippen molar-refractivity contribution in [2.75, 3.05) is 13.2 Å². The second-order valence-corrected chi connectivity index (χ2v) is 10.8. The fourth-order valence-corrected chi connectivity index (χ4v) is 4.64. The van der Waals surface area contributed by atoms with Gasteiger partial charge in [-0.15, -0.1) is 0 Å². The van der Waals surface area contributed by atoms with Gasteiger partial charge in [0.1, 0.15) is 5.60 Å². The summed E-state index contributed by atoms with van der Waals surface area (Å²) in [5, 5.41) is 5.78. The van der Waals surface area contributed by atoms with Gasteiger partial charge in [0.25, 0.3) is 0 Å². The van der Waals surface area contributed by atoms with Crippen LogP contribution in [0, 0.1) is 6.92 Å². The minimum absolute atomic E-state index is 0.0315. The summed E-state index contributed by atoms with van der Waals surface area (Å²) in [6.45, 7) is 12.8. The fourth-order valence-electron chi connectivity index (χ4n) is 4.64. The molecule has 1 aliphatic rings. The van der Waals surface area contributed by atoms with Crippen LogP contribution in [0.2, 0.25) is 0 Å². The summed E-state index contributed by atoms with van der Waals surface area (Å²) in [7, 11) is 0. The van der Waals surface area contributed by atoms with E-state index in [9.17, 15) is 9.59 Å². The van der Waals surface area contributed by atoms with Gasteiger partial charge < -0.3 is 14.4 Å². The molecule has 8 heteroatoms. The molecule has 202 valence electrons. The second kappa shape index (κ2) is 11.5. The number of nitrogens with zero attached hydrogens (tertiary/aromatic N) is 4. The third-order valence-electron chi connectivity index (χ3n) is 6.66. The highest BCUT2D eigenvalue weighted by atomic mass is 16.6. The number of fused-ring (bicyclic) bond motifs is 1. The predicted molar refractivity (Wildman–Crippen MR) is 149 cm³/mol. The minimum atomic E-state index is -0.559. The number of hydrogen-bond acceptors (Lipinski definition) is 6. The van der Waals surface area contributed by atoms with Gasteiger partial charge in [-0.05, 0) is 102 Å². The Morgan fingerprint density at radius 3 is 2.68 bits per heavy atom. The van der Waals surface area contributed by atoms with Crippen LogP contribution in [0.1, 0.15) is 76.9 Å². The number of rotatable bonds is 7. The van der Waals surface area contributed by atoms with Crippen LogP contribution in [-0.2, 0) is 20.8 Å². The molecule has 1 fully saturated rings. The molecule has 0 aliphatic carbocycles. The second-order valence-electron chi connectivity index (χ2n) is 10.8. The van der Waals surface area contributed by atoms with Gasteiger partial charge in [0.15, 0.2) is 12.0 Å². The highest BCUT2D eigenvalue weighted by Gasteiger charge is 2.23. The molecule has 3 aromatic rings. The van der Waals surface area contributed by atoms with Crippen molar-refractivity contribution in [3.8, 4) is 11.1 Å². The van der Waals surface area contributed by atoms with Gasteiger partial charge in [0, 0.05) is 36.5 Å². The number of ketones is 1. The summed E-state index contributed by atoms with van der Waals surface area (Å²) in [5.74, 6) is -0.0315. The van der Waals surface area contributed by atoms with Crippen molar-refractivity contribution in [3.63, 3.8) is 0 Å². The first-order chi connectivity index (χ1) is 18.1. The molecule has 0 radical (unpaired) electrons. The monoisotopic (exact) mass is 518 g/mol. The lowest BCUT2D eigenvalue weighted by Gasteiger charge is -2.27. The molecular formula is C30H38N4O4. The van der Waals surface area contributed by atoms with E-state index in [-0.39, 0.29) is 18.1 Å². The predicted octanol–water partition coefficient (Wildman–Crippen LogP) is 6.47. The number of carbonyl (C=O) groups excluding carboxylic acids is 2. The molecule has 4 rings (SSSR count). The largest absolute Gasteiger partial charge is 0.444 e. The van der Waals surface area contributed by atoms with E-state index in [1.165, 1.54) is 6.92 Å². The molecule has 0 bridgehead atoms. The van der Waals surface area contributed by atoms with Crippen LogP contribution in [0.3, 0.4) is 0 Å². The Kier molecular flexibility index (Phi) is 8.31. The zero-order chi connectivity index (χ0) is 27.4. The number of amides is 1. The number of aromatic nitrogens is 3. The van der Waals surface area contributed by atoms with E-state index in [1.54, 1.807) is 17.1 Å². The van der Waals surface area contributed by atoms with E-state index in [4.69, 9.17) is 14.6 Å². The molecule has 2 aromatic heterocycles. The number of carbonyl (C=O) groups is 2. The maximum Gasteiger partial charge on any atom is 0.410 e. The van der Waals surface area contributed by atoms with Gasteiger partial charge in [0.05, 0.1) is 17.8 Å². The Labute approximate surface area is 224 Å². The average molecular weight is 519 g/mol. The zero-order valence-electron chi connectivity index (χ0n) is 23.3. The van der Waals surface area contributed by atoms with E-state index in [0.29, 0.717) is 13.1 Å². The molecule has 1 saturated heterocycles. The van der Waals surface area contributed by atoms with Gasteiger partial charge in [-0.2, -0.15) is 5.10 Å². The Morgan fingerprint density at radius 1 is 1.24 bits per heavy atom. The lowest BCUT2D eigenvalue weighted by atomic mass is 9.97. The van der Waals surface area contributed by atoms with Gasteiger partial charge >= 0.3 is 6.09 Å². The summed E-state index contributed by atoms with van der Waals surface area (Å²) in [6.07, 6.45) is 9.58. The SMILES string of the molecule is CCN(Cc1cncc(-c2ccc3c(c2)c(/C=C/C(C)=O)nn3C2CCCCO2)c1C)C(=O)OC(C)(C)C. The highest BCUT2D eigenvalue weighted by Crippen LogP contribution is 2.33. The Hall–Kier alpha value is -3.52. The average Bonchev–Trinajstić information content (AvgIpc) is 3.24. The van der Waals surface area contributed by atoms with Crippen LogP contribution in [0.5, 0.6) is 0 Å². The molecule has 8 nitrogen and oxygen atoms in total. The van der Waals surface area contributed by atoms with Gasteiger partial charge in [-0.3, -0.25) is 9.78 Å². The Balaban J connectivity index is 1.71. The van der Waals surface area contributed by atoms with E-state index >= 15 is 0 Å². The minimum Gasteiger partial charge on any atom is -0.444 e. The highest BCUT2D eigenvalue weighted by molar-refractivity contribution is 5.96. The first-order valence-corrected chi connectivity index (χ1v) is 13.3. The fraction of sp³-hybridized carbons (Fsp3) is 0.467. The summed E-state index contributed by atoms with van der Waals surface area (Å²) in [5.41, 5.74) is 5.11. The Bertz CT molecular complexity index is 1350. The standard InChI is InChI=1S/C30H38N4O4/c1-7-33(29(36)38-30(4,5)6)19-23-17-31-18-25(21(23)3)22-12-14-27-24(16-22)26(13-11-20(2)35)32-34(27)28-10-8-9-15-37-28/h11-14,16-18,28H,7-10,15,19H2,1-6H3/b13-11+. The molecule has 3 heterocycles. The van der Waals surface area contributed by atoms with Gasteiger partial charge in [-0.25, -0.2) is 9.48 Å². The summed E-state index contributed by atoms with van der Waals surface area (Å²) >= 11 is 0.